The van der Waals surface area contributed by atoms with Gasteiger partial charge in [0, 0.05) is 6.92 Å². The van der Waals surface area contributed by atoms with Crippen molar-refractivity contribution in [2.24, 2.45) is 0 Å². The number of halogens is 1. The van der Waals surface area contributed by atoms with Crippen LogP contribution >= 0.6 is 11.6 Å². The van der Waals surface area contributed by atoms with Crippen LogP contribution in [-0.4, -0.2) is 28.7 Å². The van der Waals surface area contributed by atoms with Crippen LogP contribution in [0.15, 0.2) is 11.6 Å². The maximum Gasteiger partial charge on any atom is 0.302 e. The number of alkyl halides is 1. The lowest BCUT2D eigenvalue weighted by Crippen LogP contribution is -2.29. The van der Waals surface area contributed by atoms with E-state index in [1.807, 2.05) is 13.0 Å². The number of aliphatic hydroxyl groups excluding tert-OH is 1. The van der Waals surface area contributed by atoms with Crippen molar-refractivity contribution < 1.29 is 14.6 Å². The Morgan fingerprint density at radius 1 is 1.50 bits per heavy atom. The molecule has 0 aliphatic rings. The zero-order chi connectivity index (χ0) is 12.8. The Morgan fingerprint density at radius 3 is 2.50 bits per heavy atom. The predicted octanol–water partition coefficient (Wildman–Crippen LogP) is 2.65. The summed E-state index contributed by atoms with van der Waals surface area (Å²) in [5.41, 5.74) is 1.08. The highest BCUT2D eigenvalue weighted by Gasteiger charge is 2.24. The van der Waals surface area contributed by atoms with E-state index in [1.165, 1.54) is 6.92 Å². The molecule has 16 heavy (non-hydrogen) atoms. The summed E-state index contributed by atoms with van der Waals surface area (Å²) in [4.78, 5) is 9.91. The second kappa shape index (κ2) is 6.92. The fraction of sp³-hybridized carbons (Fsp3) is 0.750. The molecule has 3 nitrogen and oxygen atoms in total. The first-order valence-corrected chi connectivity index (χ1v) is 5.77. The number of aliphatic hydroxyl groups is 1. The van der Waals surface area contributed by atoms with Gasteiger partial charge in [-0.25, -0.2) is 0 Å². The largest absolute Gasteiger partial charge is 0.462 e. The Hall–Kier alpha value is -0.540. The summed E-state index contributed by atoms with van der Waals surface area (Å²) in [5.74, 6) is -0.286. The molecule has 94 valence electrons. The topological polar surface area (TPSA) is 46.5 Å². The summed E-state index contributed by atoms with van der Waals surface area (Å²) in [7, 11) is 0. The molecule has 1 N–H and O–H groups in total. The molecule has 0 saturated carbocycles. The molecule has 0 heterocycles. The molecule has 0 aliphatic heterocycles. The molecule has 1 atom stereocenters. The summed E-state index contributed by atoms with van der Waals surface area (Å²) in [5, 5.41) is 9.70. The van der Waals surface area contributed by atoms with E-state index in [9.17, 15) is 9.90 Å². The zero-order valence-corrected chi connectivity index (χ0v) is 11.2. The van der Waals surface area contributed by atoms with Crippen LogP contribution in [0.4, 0.5) is 0 Å². The summed E-state index contributed by atoms with van der Waals surface area (Å²) in [6.07, 6.45) is 2.67. The number of ether oxygens (including phenoxy) is 1. The van der Waals surface area contributed by atoms with Gasteiger partial charge in [0.05, 0.1) is 11.0 Å². The number of carbonyl (C=O) groups excluding carboxylic acids is 1. The minimum atomic E-state index is -0.601. The van der Waals surface area contributed by atoms with E-state index in [0.717, 1.165) is 12.0 Å². The summed E-state index contributed by atoms with van der Waals surface area (Å²) in [6, 6.07) is 0. The van der Waals surface area contributed by atoms with Crippen molar-refractivity contribution >= 4 is 17.6 Å². The molecular formula is C12H21ClO3. The van der Waals surface area contributed by atoms with Crippen molar-refractivity contribution in [2.45, 2.75) is 51.5 Å². The van der Waals surface area contributed by atoms with Crippen LogP contribution in [0.1, 0.15) is 40.5 Å². The van der Waals surface area contributed by atoms with E-state index in [-0.39, 0.29) is 5.97 Å². The Morgan fingerprint density at radius 2 is 2.06 bits per heavy atom. The zero-order valence-electron chi connectivity index (χ0n) is 10.4. The van der Waals surface area contributed by atoms with E-state index in [0.29, 0.717) is 13.0 Å². The fourth-order valence-corrected chi connectivity index (χ4v) is 1.22. The minimum absolute atomic E-state index is 0.286. The number of hydrogen-bond acceptors (Lipinski definition) is 3. The quantitative estimate of drug-likeness (QED) is 0.447. The van der Waals surface area contributed by atoms with Gasteiger partial charge in [0.25, 0.3) is 0 Å². The van der Waals surface area contributed by atoms with Gasteiger partial charge in [-0.2, -0.15) is 0 Å². The van der Waals surface area contributed by atoms with Crippen molar-refractivity contribution in [3.8, 4) is 0 Å². The third-order valence-electron chi connectivity index (χ3n) is 2.32. The van der Waals surface area contributed by atoms with Crippen molar-refractivity contribution in [1.82, 2.24) is 0 Å². The highest BCUT2D eigenvalue weighted by molar-refractivity contribution is 6.23. The molecular weight excluding hydrogens is 228 g/mol. The molecule has 0 aromatic carbocycles. The van der Waals surface area contributed by atoms with E-state index in [1.54, 1.807) is 13.8 Å². The molecule has 0 bridgehead atoms. The predicted molar refractivity (Wildman–Crippen MR) is 65.6 cm³/mol. The number of esters is 1. The van der Waals surface area contributed by atoms with Crippen LogP contribution in [0.25, 0.3) is 0 Å². The maximum atomic E-state index is 10.5. The highest BCUT2D eigenvalue weighted by Crippen LogP contribution is 2.22. The molecule has 0 fully saturated rings. The van der Waals surface area contributed by atoms with Gasteiger partial charge < -0.3 is 9.84 Å². The van der Waals surface area contributed by atoms with Crippen LogP contribution in [0.3, 0.4) is 0 Å². The first kappa shape index (κ1) is 15.5. The lowest BCUT2D eigenvalue weighted by atomic mass is 9.99. The normalized spacial score (nSPS) is 14.8. The minimum Gasteiger partial charge on any atom is -0.462 e. The lowest BCUT2D eigenvalue weighted by molar-refractivity contribution is -0.139. The third-order valence-corrected chi connectivity index (χ3v) is 2.57. The van der Waals surface area contributed by atoms with Crippen LogP contribution in [0.5, 0.6) is 0 Å². The van der Waals surface area contributed by atoms with Gasteiger partial charge in [-0.05, 0) is 39.7 Å². The lowest BCUT2D eigenvalue weighted by Gasteiger charge is -2.23. The van der Waals surface area contributed by atoms with E-state index in [4.69, 9.17) is 16.3 Å². The summed E-state index contributed by atoms with van der Waals surface area (Å²) < 4.78 is 4.78. The average Bonchev–Trinajstić information content (AvgIpc) is 2.11. The monoisotopic (exact) mass is 248 g/mol. The second-order valence-corrected chi connectivity index (χ2v) is 5.45. The molecule has 1 unspecified atom stereocenters. The first-order valence-electron chi connectivity index (χ1n) is 5.39. The smallest absolute Gasteiger partial charge is 0.302 e. The maximum absolute atomic E-state index is 10.5. The van der Waals surface area contributed by atoms with Gasteiger partial charge in [0.15, 0.2) is 0 Å². The van der Waals surface area contributed by atoms with Crippen LogP contribution in [-0.2, 0) is 9.53 Å². The second-order valence-electron chi connectivity index (χ2n) is 4.47. The fourth-order valence-electron chi connectivity index (χ4n) is 1.11. The average molecular weight is 249 g/mol. The van der Waals surface area contributed by atoms with Gasteiger partial charge in [0.1, 0.15) is 6.61 Å². The first-order chi connectivity index (χ1) is 7.23. The van der Waals surface area contributed by atoms with Crippen LogP contribution in [0.2, 0.25) is 0 Å². The molecule has 4 heteroatoms. The van der Waals surface area contributed by atoms with Gasteiger partial charge in [0.2, 0.25) is 0 Å². The molecule has 0 aromatic heterocycles. The third kappa shape index (κ3) is 7.71. The number of rotatable bonds is 6. The Bertz CT molecular complexity index is 253. The number of allylic oxidation sites excluding steroid dienone is 1. The van der Waals surface area contributed by atoms with E-state index >= 15 is 0 Å². The van der Waals surface area contributed by atoms with Crippen LogP contribution < -0.4 is 0 Å². The molecule has 0 amide bonds. The van der Waals surface area contributed by atoms with Crippen molar-refractivity contribution in [3.63, 3.8) is 0 Å². The molecule has 0 spiro atoms. The van der Waals surface area contributed by atoms with Gasteiger partial charge in [-0.15, -0.1) is 11.6 Å². The van der Waals surface area contributed by atoms with Crippen LogP contribution in [0, 0.1) is 0 Å². The molecule has 0 rings (SSSR count). The Labute approximate surface area is 102 Å². The number of hydrogen-bond donors (Lipinski definition) is 1. The molecule has 0 aromatic rings. The van der Waals surface area contributed by atoms with Gasteiger partial charge in [-0.3, -0.25) is 4.79 Å². The van der Waals surface area contributed by atoms with E-state index < -0.39 is 11.0 Å². The van der Waals surface area contributed by atoms with E-state index in [2.05, 4.69) is 0 Å². The van der Waals surface area contributed by atoms with Crippen molar-refractivity contribution in [2.75, 3.05) is 6.61 Å². The highest BCUT2D eigenvalue weighted by atomic mass is 35.5. The van der Waals surface area contributed by atoms with Crippen molar-refractivity contribution in [1.29, 1.82) is 0 Å². The van der Waals surface area contributed by atoms with Gasteiger partial charge in [-0.1, -0.05) is 5.57 Å². The molecule has 0 aliphatic carbocycles. The molecule has 0 radical (unpaired) electrons. The Balaban J connectivity index is 3.88. The summed E-state index contributed by atoms with van der Waals surface area (Å²) in [6.45, 7) is 7.19. The number of carbonyl (C=O) groups is 1. The van der Waals surface area contributed by atoms with Gasteiger partial charge >= 0.3 is 5.97 Å². The summed E-state index contributed by atoms with van der Waals surface area (Å²) >= 11 is 5.97. The Kier molecular flexibility index (Phi) is 6.68. The standard InChI is InChI=1S/C12H21ClO3/c1-9(7-8-16-10(2)14)5-6-11(15)12(3,4)13/h7,11,15H,5-6,8H2,1-4H3/b9-7+. The SMILES string of the molecule is CC(=O)OC/C=C(\C)CCC(O)C(C)(C)Cl. The van der Waals surface area contributed by atoms with Crippen molar-refractivity contribution in [3.05, 3.63) is 11.6 Å². The molecule has 0 saturated heterocycles.